The minimum Gasteiger partial charge on any atom is -0.465 e. The van der Waals surface area contributed by atoms with E-state index in [2.05, 4.69) is 10.1 Å². The molecule has 1 N–H and O–H groups in total. The number of rotatable bonds is 6. The van der Waals surface area contributed by atoms with Crippen molar-refractivity contribution >= 4 is 33.3 Å². The first-order valence-electron chi connectivity index (χ1n) is 8.14. The molecule has 0 atom stereocenters. The van der Waals surface area contributed by atoms with Crippen molar-refractivity contribution in [2.45, 2.75) is 13.8 Å². The highest BCUT2D eigenvalue weighted by Gasteiger charge is 2.21. The van der Waals surface area contributed by atoms with E-state index >= 15 is 0 Å². The number of nitrogens with one attached hydrogen (secondary N) is 1. The van der Waals surface area contributed by atoms with E-state index in [4.69, 9.17) is 0 Å². The Morgan fingerprint density at radius 2 is 1.70 bits per heavy atom. The lowest BCUT2D eigenvalue weighted by Crippen LogP contribution is -2.37. The second-order valence-corrected chi connectivity index (χ2v) is 8.14. The van der Waals surface area contributed by atoms with Gasteiger partial charge in [-0.15, -0.1) is 0 Å². The molecule has 0 bridgehead atoms. The number of aryl methyl sites for hydroxylation is 2. The summed E-state index contributed by atoms with van der Waals surface area (Å²) in [7, 11) is -2.40. The molecule has 144 valence electrons. The number of hydrogen-bond donors (Lipinski definition) is 1. The van der Waals surface area contributed by atoms with E-state index in [0.717, 1.165) is 21.7 Å². The Balaban J connectivity index is 2.23. The molecule has 0 radical (unpaired) electrons. The van der Waals surface area contributed by atoms with E-state index in [1.54, 1.807) is 30.3 Å². The Morgan fingerprint density at radius 1 is 1.07 bits per heavy atom. The van der Waals surface area contributed by atoms with Crippen LogP contribution in [-0.2, 0) is 19.6 Å². The zero-order chi connectivity index (χ0) is 20.2. The third-order valence-corrected chi connectivity index (χ3v) is 4.89. The Bertz CT molecular complexity index is 950. The summed E-state index contributed by atoms with van der Waals surface area (Å²) in [4.78, 5) is 24.0. The van der Waals surface area contributed by atoms with Crippen LogP contribution in [0.3, 0.4) is 0 Å². The first kappa shape index (κ1) is 20.4. The van der Waals surface area contributed by atoms with Gasteiger partial charge in [-0.3, -0.25) is 9.10 Å². The summed E-state index contributed by atoms with van der Waals surface area (Å²) in [5.74, 6) is -1.05. The molecule has 0 saturated carbocycles. The van der Waals surface area contributed by atoms with Gasteiger partial charge < -0.3 is 10.1 Å². The molecule has 0 spiro atoms. The maximum atomic E-state index is 12.4. The summed E-state index contributed by atoms with van der Waals surface area (Å²) in [6.45, 7) is 3.33. The fourth-order valence-electron chi connectivity index (χ4n) is 2.67. The van der Waals surface area contributed by atoms with Crippen LogP contribution in [0.4, 0.5) is 11.4 Å². The summed E-state index contributed by atoms with van der Waals surface area (Å²) in [6.07, 6.45) is 1.05. The fourth-order valence-corrected chi connectivity index (χ4v) is 3.51. The maximum absolute atomic E-state index is 12.4. The second-order valence-electron chi connectivity index (χ2n) is 6.24. The molecule has 2 aromatic rings. The Hall–Kier alpha value is -2.87. The van der Waals surface area contributed by atoms with Crippen LogP contribution in [0.15, 0.2) is 42.5 Å². The normalized spacial score (nSPS) is 11.0. The zero-order valence-corrected chi connectivity index (χ0v) is 16.5. The third-order valence-electron chi connectivity index (χ3n) is 3.75. The van der Waals surface area contributed by atoms with Crippen LogP contribution in [0.25, 0.3) is 0 Å². The number of ether oxygens (including phenoxy) is 1. The van der Waals surface area contributed by atoms with Crippen LogP contribution < -0.4 is 9.62 Å². The Labute approximate surface area is 159 Å². The predicted molar refractivity (Wildman–Crippen MR) is 105 cm³/mol. The fraction of sp³-hybridized carbons (Fsp3) is 0.263. The molecule has 27 heavy (non-hydrogen) atoms. The lowest BCUT2D eigenvalue weighted by atomic mass is 10.1. The molecule has 0 saturated heterocycles. The van der Waals surface area contributed by atoms with Crippen molar-refractivity contribution in [3.05, 3.63) is 59.2 Å². The second kappa shape index (κ2) is 8.22. The first-order chi connectivity index (χ1) is 12.6. The highest BCUT2D eigenvalue weighted by atomic mass is 32.2. The van der Waals surface area contributed by atoms with E-state index < -0.39 is 21.9 Å². The molecule has 7 nitrogen and oxygen atoms in total. The van der Waals surface area contributed by atoms with Crippen molar-refractivity contribution in [2.24, 2.45) is 0 Å². The van der Waals surface area contributed by atoms with Crippen LogP contribution in [0.5, 0.6) is 0 Å². The van der Waals surface area contributed by atoms with Gasteiger partial charge in [0.25, 0.3) is 0 Å². The van der Waals surface area contributed by atoms with Crippen LogP contribution in [-0.4, -0.2) is 40.2 Å². The van der Waals surface area contributed by atoms with Gasteiger partial charge in [0.05, 0.1) is 24.6 Å². The smallest absolute Gasteiger partial charge is 0.337 e. The predicted octanol–water partition coefficient (Wildman–Crippen LogP) is 2.49. The van der Waals surface area contributed by atoms with Gasteiger partial charge in [-0.2, -0.15) is 0 Å². The SMILES string of the molecule is COC(=O)c1cccc(NC(=O)CN(c2cc(C)cc(C)c2)S(C)(=O)=O)c1. The minimum atomic E-state index is -3.67. The van der Waals surface area contributed by atoms with Crippen molar-refractivity contribution in [3.8, 4) is 0 Å². The number of benzene rings is 2. The Morgan fingerprint density at radius 3 is 2.26 bits per heavy atom. The van der Waals surface area contributed by atoms with Crippen LogP contribution in [0.1, 0.15) is 21.5 Å². The molecule has 8 heteroatoms. The summed E-state index contributed by atoms with van der Waals surface area (Å²) < 4.78 is 30.1. The molecule has 0 aliphatic heterocycles. The molecule has 0 unspecified atom stereocenters. The van der Waals surface area contributed by atoms with E-state index in [9.17, 15) is 18.0 Å². The quantitative estimate of drug-likeness (QED) is 0.765. The van der Waals surface area contributed by atoms with E-state index in [1.165, 1.54) is 13.2 Å². The van der Waals surface area contributed by atoms with Gasteiger partial charge in [-0.25, -0.2) is 13.2 Å². The molecule has 0 aliphatic carbocycles. The largest absolute Gasteiger partial charge is 0.465 e. The number of nitrogens with zero attached hydrogens (tertiary/aromatic N) is 1. The van der Waals surface area contributed by atoms with Crippen molar-refractivity contribution < 1.29 is 22.7 Å². The highest BCUT2D eigenvalue weighted by Crippen LogP contribution is 2.21. The van der Waals surface area contributed by atoms with Gasteiger partial charge in [-0.05, 0) is 55.3 Å². The van der Waals surface area contributed by atoms with Crippen LogP contribution >= 0.6 is 0 Å². The Kier molecular flexibility index (Phi) is 6.22. The number of sulfonamides is 1. The zero-order valence-electron chi connectivity index (χ0n) is 15.6. The van der Waals surface area contributed by atoms with Gasteiger partial charge in [0.1, 0.15) is 6.54 Å². The first-order valence-corrected chi connectivity index (χ1v) is 9.99. The van der Waals surface area contributed by atoms with Gasteiger partial charge in [-0.1, -0.05) is 12.1 Å². The van der Waals surface area contributed by atoms with Gasteiger partial charge >= 0.3 is 5.97 Å². The summed E-state index contributed by atoms with van der Waals surface area (Å²) >= 11 is 0. The molecule has 0 fully saturated rings. The van der Waals surface area contributed by atoms with E-state index in [1.807, 2.05) is 19.9 Å². The van der Waals surface area contributed by atoms with Crippen LogP contribution in [0.2, 0.25) is 0 Å². The number of amides is 1. The number of esters is 1. The van der Waals surface area contributed by atoms with Crippen molar-refractivity contribution in [3.63, 3.8) is 0 Å². The van der Waals surface area contributed by atoms with Crippen LogP contribution in [0, 0.1) is 13.8 Å². The standard InChI is InChI=1S/C19H22N2O5S/c1-13-8-14(2)10-17(9-13)21(27(4,24)25)12-18(22)20-16-7-5-6-15(11-16)19(23)26-3/h5-11H,12H2,1-4H3,(H,20,22). The molecule has 2 rings (SSSR count). The van der Waals surface area contributed by atoms with E-state index in [0.29, 0.717) is 11.4 Å². The number of carbonyl (C=O) groups is 2. The number of carbonyl (C=O) groups excluding carboxylic acids is 2. The average molecular weight is 390 g/mol. The van der Waals surface area contributed by atoms with Crippen molar-refractivity contribution in [1.82, 2.24) is 0 Å². The molecule has 2 aromatic carbocycles. The van der Waals surface area contributed by atoms with Crippen molar-refractivity contribution in [1.29, 1.82) is 0 Å². The molecular formula is C19H22N2O5S. The molecule has 0 aliphatic rings. The van der Waals surface area contributed by atoms with Gasteiger partial charge in [0, 0.05) is 5.69 Å². The average Bonchev–Trinajstić information content (AvgIpc) is 2.57. The molecule has 1 amide bonds. The molecule has 0 aromatic heterocycles. The monoisotopic (exact) mass is 390 g/mol. The summed E-state index contributed by atoms with van der Waals surface area (Å²) in [6, 6.07) is 11.6. The van der Waals surface area contributed by atoms with Gasteiger partial charge in [0.15, 0.2) is 0 Å². The summed E-state index contributed by atoms with van der Waals surface area (Å²) in [5, 5.41) is 2.61. The number of hydrogen-bond acceptors (Lipinski definition) is 5. The molecular weight excluding hydrogens is 368 g/mol. The topological polar surface area (TPSA) is 92.8 Å². The lowest BCUT2D eigenvalue weighted by molar-refractivity contribution is -0.114. The minimum absolute atomic E-state index is 0.282. The third kappa shape index (κ3) is 5.55. The van der Waals surface area contributed by atoms with E-state index in [-0.39, 0.29) is 12.1 Å². The highest BCUT2D eigenvalue weighted by molar-refractivity contribution is 7.92. The number of methoxy groups -OCH3 is 1. The maximum Gasteiger partial charge on any atom is 0.337 e. The lowest BCUT2D eigenvalue weighted by Gasteiger charge is -2.23. The molecule has 0 heterocycles. The van der Waals surface area contributed by atoms with Gasteiger partial charge in [0.2, 0.25) is 15.9 Å². The number of anilines is 2. The van der Waals surface area contributed by atoms with Crippen molar-refractivity contribution in [2.75, 3.05) is 29.5 Å². The summed E-state index contributed by atoms with van der Waals surface area (Å²) in [5.41, 5.74) is 2.87.